The van der Waals surface area contributed by atoms with E-state index in [0.717, 1.165) is 12.0 Å². The summed E-state index contributed by atoms with van der Waals surface area (Å²) in [4.78, 5) is 11.5. The summed E-state index contributed by atoms with van der Waals surface area (Å²) >= 11 is 0. The molecule has 0 spiro atoms. The van der Waals surface area contributed by atoms with Crippen LogP contribution in [-0.2, 0) is 16.0 Å². The highest BCUT2D eigenvalue weighted by Gasteiger charge is 2.02. The summed E-state index contributed by atoms with van der Waals surface area (Å²) in [7, 11) is 1.64. The predicted molar refractivity (Wildman–Crippen MR) is 64.4 cm³/mol. The molecule has 1 N–H and O–H groups in total. The summed E-state index contributed by atoms with van der Waals surface area (Å²) < 4.78 is 4.89. The van der Waals surface area contributed by atoms with Gasteiger partial charge in [0, 0.05) is 20.3 Å². The molecule has 0 saturated carbocycles. The average Bonchev–Trinajstić information content (AvgIpc) is 2.36. The molecule has 0 fully saturated rings. The van der Waals surface area contributed by atoms with Crippen LogP contribution in [0.2, 0.25) is 0 Å². The molecule has 1 amide bonds. The molecule has 0 aliphatic carbocycles. The molecular formula is C13H16N2O2. The Bertz CT molecular complexity index is 393. The molecule has 0 aliphatic rings. The van der Waals surface area contributed by atoms with E-state index < -0.39 is 0 Å². The Morgan fingerprint density at radius 3 is 2.71 bits per heavy atom. The Kier molecular flexibility index (Phi) is 5.76. The van der Waals surface area contributed by atoms with E-state index in [1.807, 2.05) is 6.07 Å². The van der Waals surface area contributed by atoms with Crippen LogP contribution in [0.4, 0.5) is 0 Å². The van der Waals surface area contributed by atoms with Gasteiger partial charge in [0.2, 0.25) is 5.91 Å². The van der Waals surface area contributed by atoms with Gasteiger partial charge in [-0.3, -0.25) is 4.79 Å². The molecule has 90 valence electrons. The lowest BCUT2D eigenvalue weighted by atomic mass is 10.1. The Morgan fingerprint density at radius 2 is 2.12 bits per heavy atom. The van der Waals surface area contributed by atoms with Gasteiger partial charge in [0.15, 0.2) is 0 Å². The number of carbonyl (C=O) groups excluding carboxylic acids is 1. The summed E-state index contributed by atoms with van der Waals surface area (Å²) in [6.45, 7) is 1.28. The third kappa shape index (κ3) is 5.14. The van der Waals surface area contributed by atoms with Gasteiger partial charge >= 0.3 is 0 Å². The Hall–Kier alpha value is -1.86. The van der Waals surface area contributed by atoms with Crippen molar-refractivity contribution in [3.05, 3.63) is 35.4 Å². The Labute approximate surface area is 101 Å². The molecule has 0 unspecified atom stereocenters. The van der Waals surface area contributed by atoms with Crippen molar-refractivity contribution in [1.29, 1.82) is 5.26 Å². The first-order valence-corrected chi connectivity index (χ1v) is 5.51. The number of nitrogens with zero attached hydrogens (tertiary/aromatic N) is 1. The second-order valence-corrected chi connectivity index (χ2v) is 3.68. The average molecular weight is 232 g/mol. The van der Waals surface area contributed by atoms with E-state index in [4.69, 9.17) is 10.00 Å². The lowest BCUT2D eigenvalue weighted by Gasteiger charge is -2.04. The highest BCUT2D eigenvalue weighted by atomic mass is 16.5. The van der Waals surface area contributed by atoms with Crippen LogP contribution >= 0.6 is 0 Å². The van der Waals surface area contributed by atoms with Crippen molar-refractivity contribution in [3.8, 4) is 6.07 Å². The monoisotopic (exact) mass is 232 g/mol. The largest absolute Gasteiger partial charge is 0.385 e. The minimum Gasteiger partial charge on any atom is -0.385 e. The van der Waals surface area contributed by atoms with Crippen LogP contribution in [0.1, 0.15) is 17.5 Å². The zero-order valence-electron chi connectivity index (χ0n) is 9.90. The molecule has 0 heterocycles. The van der Waals surface area contributed by atoms with Crippen LogP contribution in [0.15, 0.2) is 24.3 Å². The van der Waals surface area contributed by atoms with E-state index in [1.165, 1.54) is 0 Å². The number of rotatable bonds is 6. The van der Waals surface area contributed by atoms with Gasteiger partial charge in [-0.1, -0.05) is 12.1 Å². The fourth-order valence-electron chi connectivity index (χ4n) is 1.39. The number of nitrogens with one attached hydrogen (secondary N) is 1. The maximum atomic E-state index is 11.5. The van der Waals surface area contributed by atoms with E-state index in [1.54, 1.807) is 31.4 Å². The number of carbonyl (C=O) groups is 1. The summed E-state index contributed by atoms with van der Waals surface area (Å²) in [5, 5.41) is 11.4. The zero-order valence-corrected chi connectivity index (χ0v) is 9.90. The Balaban J connectivity index is 2.32. The SMILES string of the molecule is COCCCNC(=O)Cc1ccc(C#N)cc1. The normalized spacial score (nSPS) is 9.65. The smallest absolute Gasteiger partial charge is 0.224 e. The van der Waals surface area contributed by atoms with Crippen LogP contribution in [-0.4, -0.2) is 26.2 Å². The maximum absolute atomic E-state index is 11.5. The fraction of sp³-hybridized carbons (Fsp3) is 0.385. The molecule has 17 heavy (non-hydrogen) atoms. The van der Waals surface area contributed by atoms with Crippen molar-refractivity contribution in [2.75, 3.05) is 20.3 Å². The first-order chi connectivity index (χ1) is 8.26. The van der Waals surface area contributed by atoms with Gasteiger partial charge in [0.25, 0.3) is 0 Å². The first-order valence-electron chi connectivity index (χ1n) is 5.51. The van der Waals surface area contributed by atoms with Crippen LogP contribution < -0.4 is 5.32 Å². The highest BCUT2D eigenvalue weighted by molar-refractivity contribution is 5.78. The molecule has 0 aliphatic heterocycles. The van der Waals surface area contributed by atoms with E-state index in [-0.39, 0.29) is 5.91 Å². The van der Waals surface area contributed by atoms with E-state index in [0.29, 0.717) is 25.1 Å². The fourth-order valence-corrected chi connectivity index (χ4v) is 1.39. The van der Waals surface area contributed by atoms with Crippen molar-refractivity contribution >= 4 is 5.91 Å². The van der Waals surface area contributed by atoms with Gasteiger partial charge in [-0.05, 0) is 24.1 Å². The summed E-state index contributed by atoms with van der Waals surface area (Å²) in [5.74, 6) is -0.00851. The number of methoxy groups -OCH3 is 1. The molecule has 0 atom stereocenters. The molecule has 4 nitrogen and oxygen atoms in total. The molecule has 0 radical (unpaired) electrons. The van der Waals surface area contributed by atoms with Crippen molar-refractivity contribution in [1.82, 2.24) is 5.32 Å². The quantitative estimate of drug-likeness (QED) is 0.751. The molecule has 4 heteroatoms. The van der Waals surface area contributed by atoms with Crippen LogP contribution in [0.5, 0.6) is 0 Å². The predicted octanol–water partition coefficient (Wildman–Crippen LogP) is 1.25. The van der Waals surface area contributed by atoms with Crippen molar-refractivity contribution in [2.45, 2.75) is 12.8 Å². The van der Waals surface area contributed by atoms with Gasteiger partial charge in [-0.25, -0.2) is 0 Å². The Morgan fingerprint density at radius 1 is 1.41 bits per heavy atom. The molecular weight excluding hydrogens is 216 g/mol. The molecule has 1 rings (SSSR count). The molecule has 0 bridgehead atoms. The number of amides is 1. The first kappa shape index (κ1) is 13.2. The second kappa shape index (κ2) is 7.42. The second-order valence-electron chi connectivity index (χ2n) is 3.68. The summed E-state index contributed by atoms with van der Waals surface area (Å²) in [6.07, 6.45) is 1.16. The van der Waals surface area contributed by atoms with Gasteiger partial charge in [0.1, 0.15) is 0 Å². The third-order valence-corrected chi connectivity index (χ3v) is 2.30. The van der Waals surface area contributed by atoms with E-state index in [9.17, 15) is 4.79 Å². The minimum atomic E-state index is -0.00851. The van der Waals surface area contributed by atoms with Gasteiger partial charge < -0.3 is 10.1 Å². The van der Waals surface area contributed by atoms with Gasteiger partial charge in [-0.15, -0.1) is 0 Å². The molecule has 1 aromatic carbocycles. The van der Waals surface area contributed by atoms with Crippen molar-refractivity contribution in [2.24, 2.45) is 0 Å². The van der Waals surface area contributed by atoms with Crippen molar-refractivity contribution in [3.63, 3.8) is 0 Å². The number of benzene rings is 1. The number of ether oxygens (including phenoxy) is 1. The maximum Gasteiger partial charge on any atom is 0.224 e. The van der Waals surface area contributed by atoms with Crippen LogP contribution in [0.3, 0.4) is 0 Å². The molecule has 0 aromatic heterocycles. The summed E-state index contributed by atoms with van der Waals surface area (Å²) in [5.41, 5.74) is 1.52. The molecule has 1 aromatic rings. The van der Waals surface area contributed by atoms with Crippen molar-refractivity contribution < 1.29 is 9.53 Å². The molecule has 0 saturated heterocycles. The minimum absolute atomic E-state index is 0.00851. The topological polar surface area (TPSA) is 62.1 Å². The lowest BCUT2D eigenvalue weighted by Crippen LogP contribution is -2.26. The third-order valence-electron chi connectivity index (χ3n) is 2.30. The van der Waals surface area contributed by atoms with Gasteiger partial charge in [-0.2, -0.15) is 5.26 Å². The number of nitriles is 1. The van der Waals surface area contributed by atoms with E-state index in [2.05, 4.69) is 5.32 Å². The number of hydrogen-bond donors (Lipinski definition) is 1. The zero-order chi connectivity index (χ0) is 12.5. The summed E-state index contributed by atoms with van der Waals surface area (Å²) in [6, 6.07) is 9.07. The lowest BCUT2D eigenvalue weighted by molar-refractivity contribution is -0.120. The van der Waals surface area contributed by atoms with E-state index >= 15 is 0 Å². The van der Waals surface area contributed by atoms with Crippen LogP contribution in [0.25, 0.3) is 0 Å². The number of hydrogen-bond acceptors (Lipinski definition) is 3. The standard InChI is InChI=1S/C13H16N2O2/c1-17-8-2-7-15-13(16)9-11-3-5-12(10-14)6-4-11/h3-6H,2,7-9H2,1H3,(H,15,16). The van der Waals surface area contributed by atoms with Gasteiger partial charge in [0.05, 0.1) is 18.1 Å². The van der Waals surface area contributed by atoms with Crippen LogP contribution in [0, 0.1) is 11.3 Å². The highest BCUT2D eigenvalue weighted by Crippen LogP contribution is 2.03.